The van der Waals surface area contributed by atoms with Crippen LogP contribution in [0.3, 0.4) is 0 Å². The molecule has 2 aromatic heterocycles. The highest BCUT2D eigenvalue weighted by atomic mass is 79.9. The molecule has 6 heteroatoms. The molecule has 2 aromatic carbocycles. The lowest BCUT2D eigenvalue weighted by Crippen LogP contribution is -2.23. The van der Waals surface area contributed by atoms with E-state index in [1.54, 1.807) is 12.3 Å². The van der Waals surface area contributed by atoms with Crippen LogP contribution in [0.2, 0.25) is 0 Å². The van der Waals surface area contributed by atoms with Gasteiger partial charge in [-0.1, -0.05) is 48.0 Å². The third-order valence-electron chi connectivity index (χ3n) is 5.13. The molecular formula is C22H21BrN4O. The lowest BCUT2D eigenvalue weighted by Gasteiger charge is -2.13. The van der Waals surface area contributed by atoms with E-state index in [1.807, 2.05) is 37.5 Å². The van der Waals surface area contributed by atoms with E-state index in [1.165, 1.54) is 4.68 Å². The largest absolute Gasteiger partial charge is 0.350 e. The van der Waals surface area contributed by atoms with Crippen molar-refractivity contribution in [1.82, 2.24) is 14.2 Å². The maximum absolute atomic E-state index is 13.2. The van der Waals surface area contributed by atoms with E-state index in [9.17, 15) is 4.79 Å². The van der Waals surface area contributed by atoms with Gasteiger partial charge < -0.3 is 4.57 Å². The number of hydrogen-bond acceptors (Lipinski definition) is 3. The van der Waals surface area contributed by atoms with Gasteiger partial charge in [-0.25, -0.2) is 4.98 Å². The molecule has 0 bridgehead atoms. The molecular weight excluding hydrogens is 416 g/mol. The fourth-order valence-electron chi connectivity index (χ4n) is 3.37. The molecule has 0 saturated heterocycles. The molecule has 0 aliphatic rings. The molecule has 4 rings (SSSR count). The summed E-state index contributed by atoms with van der Waals surface area (Å²) < 4.78 is 4.36. The van der Waals surface area contributed by atoms with Crippen molar-refractivity contribution in [1.29, 1.82) is 0 Å². The molecule has 1 atom stereocenters. The Labute approximate surface area is 171 Å². The van der Waals surface area contributed by atoms with Crippen molar-refractivity contribution in [2.45, 2.75) is 26.2 Å². The zero-order valence-electron chi connectivity index (χ0n) is 16.1. The molecule has 28 heavy (non-hydrogen) atoms. The van der Waals surface area contributed by atoms with Gasteiger partial charge in [0, 0.05) is 40.1 Å². The fourth-order valence-corrected chi connectivity index (χ4v) is 3.74. The summed E-state index contributed by atoms with van der Waals surface area (Å²) >= 11 is 3.44. The third kappa shape index (κ3) is 3.18. The molecule has 0 radical (unpaired) electrons. The average Bonchev–Trinajstić information content (AvgIpc) is 3.03. The summed E-state index contributed by atoms with van der Waals surface area (Å²) in [6.07, 6.45) is 4.65. The Morgan fingerprint density at radius 1 is 1.21 bits per heavy atom. The van der Waals surface area contributed by atoms with Crippen molar-refractivity contribution < 1.29 is 0 Å². The summed E-state index contributed by atoms with van der Waals surface area (Å²) in [5, 5.41) is 6.23. The normalized spacial score (nSPS) is 13.0. The zero-order chi connectivity index (χ0) is 19.8. The quantitative estimate of drug-likeness (QED) is 0.420. The number of para-hydroxylation sites is 1. The Kier molecular flexibility index (Phi) is 4.89. The van der Waals surface area contributed by atoms with Crippen molar-refractivity contribution in [2.24, 2.45) is 12.1 Å². The van der Waals surface area contributed by atoms with E-state index in [0.717, 1.165) is 27.4 Å². The molecule has 0 fully saturated rings. The number of fused-ring (bicyclic) bond motifs is 2. The van der Waals surface area contributed by atoms with E-state index < -0.39 is 0 Å². The number of aromatic nitrogens is 3. The van der Waals surface area contributed by atoms with E-state index in [-0.39, 0.29) is 11.5 Å². The third-order valence-corrected chi connectivity index (χ3v) is 5.62. The van der Waals surface area contributed by atoms with E-state index >= 15 is 0 Å². The van der Waals surface area contributed by atoms with Gasteiger partial charge in [0.2, 0.25) is 0 Å². The number of rotatable bonds is 4. The predicted molar refractivity (Wildman–Crippen MR) is 118 cm³/mol. The first kappa shape index (κ1) is 18.6. The minimum Gasteiger partial charge on any atom is -0.350 e. The molecule has 5 nitrogen and oxygen atoms in total. The molecule has 142 valence electrons. The molecule has 0 saturated carbocycles. The summed E-state index contributed by atoms with van der Waals surface area (Å²) in [6.45, 7) is 4.15. The Morgan fingerprint density at radius 2 is 2.00 bits per heavy atom. The minimum absolute atomic E-state index is 0.116. The van der Waals surface area contributed by atoms with Gasteiger partial charge in [-0.3, -0.25) is 4.79 Å². The Bertz CT molecular complexity index is 1270. The summed E-state index contributed by atoms with van der Waals surface area (Å²) in [5.41, 5.74) is 2.63. The Hall–Kier alpha value is -2.73. The van der Waals surface area contributed by atoms with E-state index in [4.69, 9.17) is 4.98 Å². The summed E-state index contributed by atoms with van der Waals surface area (Å²) in [7, 11) is 2.01. The monoisotopic (exact) mass is 436 g/mol. The van der Waals surface area contributed by atoms with Gasteiger partial charge in [0.1, 0.15) is 5.82 Å². The number of nitrogens with zero attached hydrogens (tertiary/aromatic N) is 4. The highest BCUT2D eigenvalue weighted by Crippen LogP contribution is 2.22. The van der Waals surface area contributed by atoms with Crippen LogP contribution < -0.4 is 5.56 Å². The van der Waals surface area contributed by atoms with Crippen LogP contribution in [0.1, 0.15) is 37.6 Å². The molecule has 0 spiro atoms. The van der Waals surface area contributed by atoms with Gasteiger partial charge in [0.15, 0.2) is 0 Å². The Morgan fingerprint density at radius 3 is 2.79 bits per heavy atom. The lowest BCUT2D eigenvalue weighted by molar-refractivity contribution is 0.613. The maximum atomic E-state index is 13.2. The van der Waals surface area contributed by atoms with Crippen LogP contribution >= 0.6 is 15.9 Å². The van der Waals surface area contributed by atoms with Crippen molar-refractivity contribution in [3.05, 3.63) is 74.9 Å². The molecule has 0 aliphatic carbocycles. The lowest BCUT2D eigenvalue weighted by atomic mass is 10.1. The summed E-state index contributed by atoms with van der Waals surface area (Å²) in [5.74, 6) is 0.796. The smallest absolute Gasteiger partial charge is 0.282 e. The van der Waals surface area contributed by atoms with Crippen molar-refractivity contribution >= 4 is 44.0 Å². The topological polar surface area (TPSA) is 52.2 Å². The second kappa shape index (κ2) is 7.36. The van der Waals surface area contributed by atoms with Crippen LogP contribution in [0, 0.1) is 0 Å². The van der Waals surface area contributed by atoms with Gasteiger partial charge in [-0.15, -0.1) is 0 Å². The second-order valence-electron chi connectivity index (χ2n) is 7.01. The van der Waals surface area contributed by atoms with Gasteiger partial charge in [0.05, 0.1) is 17.1 Å². The van der Waals surface area contributed by atoms with Gasteiger partial charge >= 0.3 is 0 Å². The van der Waals surface area contributed by atoms with Gasteiger partial charge in [0.25, 0.3) is 5.56 Å². The molecule has 0 amide bonds. The van der Waals surface area contributed by atoms with E-state index in [0.29, 0.717) is 16.7 Å². The highest BCUT2D eigenvalue weighted by molar-refractivity contribution is 9.10. The number of benzene rings is 2. The SMILES string of the molecule is CC[C@H](C)c1nc2ccc(Br)cc2c(=O)n1N=Cc1cn(C)c2ccccc12. The van der Waals surface area contributed by atoms with Crippen LogP contribution in [0.25, 0.3) is 21.8 Å². The fraction of sp³-hybridized carbons (Fsp3) is 0.227. The standard InChI is InChI=1S/C22H21BrN4O/c1-4-14(2)21-25-19-10-9-16(23)11-18(19)22(28)27(21)24-12-15-13-26(3)20-8-6-5-7-17(15)20/h5-14H,4H2,1-3H3/t14-/m0/s1. The predicted octanol–water partition coefficient (Wildman–Crippen LogP) is 5.05. The van der Waals surface area contributed by atoms with Crippen molar-refractivity contribution in [3.8, 4) is 0 Å². The number of hydrogen-bond donors (Lipinski definition) is 0. The van der Waals surface area contributed by atoms with Crippen LogP contribution in [-0.2, 0) is 7.05 Å². The number of halogens is 1. The molecule has 4 aromatic rings. The van der Waals surface area contributed by atoms with E-state index in [2.05, 4.69) is 51.6 Å². The molecule has 0 unspecified atom stereocenters. The van der Waals surface area contributed by atoms with Gasteiger partial charge in [-0.05, 0) is 30.7 Å². The number of aryl methyl sites for hydroxylation is 1. The minimum atomic E-state index is -0.155. The summed E-state index contributed by atoms with van der Waals surface area (Å²) in [4.78, 5) is 17.9. The van der Waals surface area contributed by atoms with Crippen LogP contribution in [0.5, 0.6) is 0 Å². The first-order valence-electron chi connectivity index (χ1n) is 9.30. The maximum Gasteiger partial charge on any atom is 0.282 e. The molecule has 0 aliphatic heterocycles. The van der Waals surface area contributed by atoms with Crippen LogP contribution in [0.15, 0.2) is 63.0 Å². The first-order valence-corrected chi connectivity index (χ1v) is 10.1. The second-order valence-corrected chi connectivity index (χ2v) is 7.93. The van der Waals surface area contributed by atoms with Crippen LogP contribution in [-0.4, -0.2) is 20.4 Å². The highest BCUT2D eigenvalue weighted by Gasteiger charge is 2.15. The van der Waals surface area contributed by atoms with Crippen molar-refractivity contribution in [2.75, 3.05) is 0 Å². The Balaban J connectivity index is 1.92. The molecule has 0 N–H and O–H groups in total. The molecule has 2 heterocycles. The first-order chi connectivity index (χ1) is 13.5. The van der Waals surface area contributed by atoms with Gasteiger partial charge in [-0.2, -0.15) is 9.78 Å². The summed E-state index contributed by atoms with van der Waals surface area (Å²) in [6, 6.07) is 13.7. The van der Waals surface area contributed by atoms with Crippen molar-refractivity contribution in [3.63, 3.8) is 0 Å². The average molecular weight is 437 g/mol. The zero-order valence-corrected chi connectivity index (χ0v) is 17.6. The van der Waals surface area contributed by atoms with Crippen LogP contribution in [0.4, 0.5) is 0 Å².